The van der Waals surface area contributed by atoms with Crippen LogP contribution in [-0.4, -0.2) is 18.4 Å². The first-order valence-electron chi connectivity index (χ1n) is 5.37. The van der Waals surface area contributed by atoms with Gasteiger partial charge in [-0.3, -0.25) is 4.79 Å². The first-order valence-corrected chi connectivity index (χ1v) is 5.75. The summed E-state index contributed by atoms with van der Waals surface area (Å²) in [5.41, 5.74) is 5.45. The Hall–Kier alpha value is -1.10. The lowest BCUT2D eigenvalue weighted by molar-refractivity contribution is -0.238. The van der Waals surface area contributed by atoms with Crippen LogP contribution in [0.4, 0.5) is 0 Å². The van der Waals surface area contributed by atoms with Crippen molar-refractivity contribution in [3.63, 3.8) is 0 Å². The Kier molecular flexibility index (Phi) is 5.41. The smallest absolute Gasteiger partial charge is 0.175 e. The molecule has 17 heavy (non-hydrogen) atoms. The highest BCUT2D eigenvalue weighted by Gasteiger charge is 2.22. The number of ketones is 1. The summed E-state index contributed by atoms with van der Waals surface area (Å²) < 4.78 is 0. The average Bonchev–Trinajstić information content (AvgIpc) is 2.31. The Morgan fingerprint density at radius 1 is 1.35 bits per heavy atom. The second-order valence-electron chi connectivity index (χ2n) is 3.91. The van der Waals surface area contributed by atoms with Crippen LogP contribution in [0.15, 0.2) is 24.3 Å². The first kappa shape index (κ1) is 14.0. The molecule has 0 aliphatic rings. The molecule has 1 unspecified atom stereocenters. The van der Waals surface area contributed by atoms with Crippen molar-refractivity contribution >= 4 is 17.4 Å². The van der Waals surface area contributed by atoms with Gasteiger partial charge in [-0.05, 0) is 24.3 Å². The van der Waals surface area contributed by atoms with Crippen LogP contribution in [0.1, 0.15) is 13.8 Å². The minimum atomic E-state index is -0.745. The van der Waals surface area contributed by atoms with Crippen molar-refractivity contribution in [3.8, 4) is 5.75 Å². The van der Waals surface area contributed by atoms with Gasteiger partial charge >= 0.3 is 0 Å². The number of hydrogen-bond acceptors (Lipinski definition) is 4. The maximum absolute atomic E-state index is 11.6. The molecular formula is C12H16ClNO3. The van der Waals surface area contributed by atoms with Crippen LogP contribution in [0.25, 0.3) is 0 Å². The first-order chi connectivity index (χ1) is 8.04. The predicted molar refractivity (Wildman–Crippen MR) is 65.9 cm³/mol. The zero-order chi connectivity index (χ0) is 12.8. The molecule has 0 heterocycles. The molecular weight excluding hydrogens is 242 g/mol. The summed E-state index contributed by atoms with van der Waals surface area (Å²) in [6, 6.07) is 6.63. The van der Waals surface area contributed by atoms with Gasteiger partial charge in [-0.25, -0.2) is 0 Å². The molecule has 0 saturated carbocycles. The van der Waals surface area contributed by atoms with Crippen LogP contribution in [-0.2, 0) is 9.68 Å². The van der Waals surface area contributed by atoms with Crippen molar-refractivity contribution in [2.45, 2.75) is 20.0 Å². The van der Waals surface area contributed by atoms with E-state index in [0.717, 1.165) is 0 Å². The Morgan fingerprint density at radius 3 is 2.41 bits per heavy atom. The zero-order valence-corrected chi connectivity index (χ0v) is 10.6. The van der Waals surface area contributed by atoms with Gasteiger partial charge in [0.1, 0.15) is 0 Å². The van der Waals surface area contributed by atoms with Crippen molar-refractivity contribution in [1.29, 1.82) is 0 Å². The van der Waals surface area contributed by atoms with E-state index in [1.807, 2.05) is 0 Å². The number of carbonyl (C=O) groups is 1. The fourth-order valence-corrected chi connectivity index (χ4v) is 1.30. The standard InChI is InChI=1S/C12H16ClNO3/c1-8(2)12(15)11(7-14)17-16-10-5-3-9(13)4-6-10/h3-6,8,11H,7,14H2,1-2H3. The molecule has 5 heteroatoms. The van der Waals surface area contributed by atoms with E-state index in [4.69, 9.17) is 27.1 Å². The molecule has 0 amide bonds. The van der Waals surface area contributed by atoms with Gasteiger partial charge < -0.3 is 10.6 Å². The second kappa shape index (κ2) is 6.59. The molecule has 1 aromatic carbocycles. The summed E-state index contributed by atoms with van der Waals surface area (Å²) in [6.07, 6.45) is -0.745. The van der Waals surface area contributed by atoms with Gasteiger partial charge in [0.15, 0.2) is 17.6 Å². The summed E-state index contributed by atoms with van der Waals surface area (Å²) in [6.45, 7) is 3.66. The van der Waals surface area contributed by atoms with Crippen molar-refractivity contribution in [1.82, 2.24) is 0 Å². The van der Waals surface area contributed by atoms with E-state index >= 15 is 0 Å². The van der Waals surface area contributed by atoms with Gasteiger partial charge in [-0.2, -0.15) is 4.89 Å². The normalized spacial score (nSPS) is 12.5. The number of halogens is 1. The van der Waals surface area contributed by atoms with E-state index in [0.29, 0.717) is 10.8 Å². The highest BCUT2D eigenvalue weighted by Crippen LogP contribution is 2.16. The molecule has 2 N–H and O–H groups in total. The number of rotatable bonds is 6. The average molecular weight is 258 g/mol. The molecule has 0 radical (unpaired) electrons. The van der Waals surface area contributed by atoms with Gasteiger partial charge in [0.25, 0.3) is 0 Å². The molecule has 0 bridgehead atoms. The zero-order valence-electron chi connectivity index (χ0n) is 9.85. The largest absolute Gasteiger partial charge is 0.337 e. The van der Waals surface area contributed by atoms with Crippen LogP contribution in [0.3, 0.4) is 0 Å². The third-order valence-corrected chi connectivity index (χ3v) is 2.43. The minimum Gasteiger partial charge on any atom is -0.337 e. The lowest BCUT2D eigenvalue weighted by Crippen LogP contribution is -2.36. The summed E-state index contributed by atoms with van der Waals surface area (Å²) in [5.74, 6) is 0.253. The van der Waals surface area contributed by atoms with Gasteiger partial charge in [0.2, 0.25) is 0 Å². The highest BCUT2D eigenvalue weighted by atomic mass is 35.5. The summed E-state index contributed by atoms with van der Waals surface area (Å²) in [5, 5.41) is 0.603. The molecule has 1 aromatic rings. The lowest BCUT2D eigenvalue weighted by atomic mass is 10.0. The number of Topliss-reactive ketones (excluding diaryl/α,β-unsaturated/α-hetero) is 1. The van der Waals surface area contributed by atoms with Gasteiger partial charge in [-0.1, -0.05) is 25.4 Å². The summed E-state index contributed by atoms with van der Waals surface area (Å²) >= 11 is 5.72. The monoisotopic (exact) mass is 257 g/mol. The maximum atomic E-state index is 11.6. The molecule has 94 valence electrons. The quantitative estimate of drug-likeness (QED) is 0.627. The fourth-order valence-electron chi connectivity index (χ4n) is 1.18. The lowest BCUT2D eigenvalue weighted by Gasteiger charge is -2.15. The van der Waals surface area contributed by atoms with Crippen molar-refractivity contribution in [2.24, 2.45) is 11.7 Å². The van der Waals surface area contributed by atoms with E-state index < -0.39 is 6.10 Å². The molecule has 0 fully saturated rings. The van der Waals surface area contributed by atoms with Crippen molar-refractivity contribution < 1.29 is 14.6 Å². The maximum Gasteiger partial charge on any atom is 0.175 e. The van der Waals surface area contributed by atoms with Gasteiger partial charge in [0, 0.05) is 17.5 Å². The Labute approximate surface area is 106 Å². The Balaban J connectivity index is 2.53. The van der Waals surface area contributed by atoms with E-state index in [2.05, 4.69) is 0 Å². The van der Waals surface area contributed by atoms with Crippen LogP contribution in [0.5, 0.6) is 5.75 Å². The molecule has 0 aromatic heterocycles. The molecule has 1 rings (SSSR count). The molecule has 0 aliphatic carbocycles. The second-order valence-corrected chi connectivity index (χ2v) is 4.35. The third-order valence-electron chi connectivity index (χ3n) is 2.17. The van der Waals surface area contributed by atoms with E-state index in [9.17, 15) is 4.79 Å². The Morgan fingerprint density at radius 2 is 1.94 bits per heavy atom. The topological polar surface area (TPSA) is 61.6 Å². The molecule has 0 saturated heterocycles. The van der Waals surface area contributed by atoms with Crippen molar-refractivity contribution in [2.75, 3.05) is 6.54 Å². The van der Waals surface area contributed by atoms with Crippen LogP contribution in [0, 0.1) is 5.92 Å². The van der Waals surface area contributed by atoms with Crippen molar-refractivity contribution in [3.05, 3.63) is 29.3 Å². The highest BCUT2D eigenvalue weighted by molar-refractivity contribution is 6.30. The number of benzene rings is 1. The van der Waals surface area contributed by atoms with Crippen LogP contribution >= 0.6 is 11.6 Å². The van der Waals surface area contributed by atoms with Crippen LogP contribution < -0.4 is 10.6 Å². The van der Waals surface area contributed by atoms with Gasteiger partial charge in [0.05, 0.1) is 0 Å². The summed E-state index contributed by atoms with van der Waals surface area (Å²) in [4.78, 5) is 21.7. The molecule has 1 atom stereocenters. The fraction of sp³-hybridized carbons (Fsp3) is 0.417. The van der Waals surface area contributed by atoms with E-state index in [-0.39, 0.29) is 18.2 Å². The minimum absolute atomic E-state index is 0.0820. The van der Waals surface area contributed by atoms with Gasteiger partial charge in [-0.15, -0.1) is 0 Å². The predicted octanol–water partition coefficient (Wildman–Crippen LogP) is 2.20. The molecule has 0 aliphatic heterocycles. The number of carbonyl (C=O) groups excluding carboxylic acids is 1. The Bertz CT molecular complexity index is 365. The van der Waals surface area contributed by atoms with Crippen LogP contribution in [0.2, 0.25) is 5.02 Å². The van der Waals surface area contributed by atoms with E-state index in [1.165, 1.54) is 0 Å². The number of nitrogens with two attached hydrogens (primary N) is 1. The molecule has 0 spiro atoms. The number of hydrogen-bond donors (Lipinski definition) is 1. The summed E-state index contributed by atoms with van der Waals surface area (Å²) in [7, 11) is 0. The SMILES string of the molecule is CC(C)C(=O)C(CN)OOc1ccc(Cl)cc1. The van der Waals surface area contributed by atoms with E-state index in [1.54, 1.807) is 38.1 Å². The third kappa shape index (κ3) is 4.34. The molecule has 4 nitrogen and oxygen atoms in total.